The lowest BCUT2D eigenvalue weighted by molar-refractivity contribution is -0.138. The predicted octanol–water partition coefficient (Wildman–Crippen LogP) is 6.83. The summed E-state index contributed by atoms with van der Waals surface area (Å²) in [6.07, 6.45) is -0.0857. The second-order valence-electron chi connectivity index (χ2n) is 9.95. The molecular formula is C28H29F3N6O2S. The van der Waals surface area contributed by atoms with Crippen LogP contribution in [0.4, 0.5) is 24.0 Å². The van der Waals surface area contributed by atoms with E-state index in [-0.39, 0.29) is 22.7 Å². The van der Waals surface area contributed by atoms with Gasteiger partial charge in [0, 0.05) is 24.4 Å². The molecule has 2 heterocycles. The fourth-order valence-corrected chi connectivity index (χ4v) is 4.95. The Kier molecular flexibility index (Phi) is 8.38. The highest BCUT2D eigenvalue weighted by Gasteiger charge is 2.34. The highest BCUT2D eigenvalue weighted by Crippen LogP contribution is 2.36. The standard InChI is InChI=1S/C28H29F3N6O2S/c1-15(2)6-8-19-10-21(12-22(17(19)4)28(29,30)31)34-26(39)20-9-7-16(3)24(11-20)37-14-23(35-36-37)25-13-32-27(40-25)33-18(5)38/h7,9-15H,6,8H2,1-5H3,(H,34,39)(H,32,33,38). The van der Waals surface area contributed by atoms with Crippen LogP contribution in [0.25, 0.3) is 16.3 Å². The van der Waals surface area contributed by atoms with E-state index in [1.165, 1.54) is 29.9 Å². The van der Waals surface area contributed by atoms with E-state index in [0.717, 1.165) is 18.1 Å². The molecule has 2 N–H and O–H groups in total. The van der Waals surface area contributed by atoms with Crippen LogP contribution in [-0.2, 0) is 17.4 Å². The number of halogens is 3. The summed E-state index contributed by atoms with van der Waals surface area (Å²) >= 11 is 1.24. The summed E-state index contributed by atoms with van der Waals surface area (Å²) in [5.41, 5.74) is 2.23. The summed E-state index contributed by atoms with van der Waals surface area (Å²) in [6.45, 7) is 8.73. The molecule has 0 radical (unpaired) electrons. The summed E-state index contributed by atoms with van der Waals surface area (Å²) < 4.78 is 42.9. The largest absolute Gasteiger partial charge is 0.416 e. The minimum absolute atomic E-state index is 0.0898. The second-order valence-corrected chi connectivity index (χ2v) is 11.0. The van der Waals surface area contributed by atoms with Crippen molar-refractivity contribution in [1.82, 2.24) is 20.0 Å². The van der Waals surface area contributed by atoms with Gasteiger partial charge in [-0.15, -0.1) is 5.10 Å². The molecule has 0 aliphatic carbocycles. The Bertz CT molecular complexity index is 1560. The number of anilines is 2. The number of rotatable bonds is 8. The quantitative estimate of drug-likeness (QED) is 0.242. The number of thiazole rings is 1. The van der Waals surface area contributed by atoms with Crippen LogP contribution in [0.15, 0.2) is 42.7 Å². The number of carbonyl (C=O) groups is 2. The summed E-state index contributed by atoms with van der Waals surface area (Å²) in [5.74, 6) is -0.455. The van der Waals surface area contributed by atoms with Gasteiger partial charge in [-0.1, -0.05) is 36.5 Å². The summed E-state index contributed by atoms with van der Waals surface area (Å²) in [7, 11) is 0. The molecule has 0 unspecified atom stereocenters. The van der Waals surface area contributed by atoms with Gasteiger partial charge in [-0.05, 0) is 73.6 Å². The number of carbonyl (C=O) groups excluding carboxylic acids is 2. The Morgan fingerprint density at radius 2 is 1.85 bits per heavy atom. The van der Waals surface area contributed by atoms with E-state index in [4.69, 9.17) is 0 Å². The second kappa shape index (κ2) is 11.6. The minimum Gasteiger partial charge on any atom is -0.322 e. The van der Waals surface area contributed by atoms with Gasteiger partial charge in [0.1, 0.15) is 5.69 Å². The van der Waals surface area contributed by atoms with Gasteiger partial charge in [0.15, 0.2) is 5.13 Å². The third-order valence-corrected chi connectivity index (χ3v) is 7.26. The van der Waals surface area contributed by atoms with Gasteiger partial charge >= 0.3 is 6.18 Å². The van der Waals surface area contributed by atoms with Crippen LogP contribution in [0.5, 0.6) is 0 Å². The lowest BCUT2D eigenvalue weighted by Crippen LogP contribution is -2.16. The van der Waals surface area contributed by atoms with Crippen LogP contribution < -0.4 is 10.6 Å². The molecular weight excluding hydrogens is 541 g/mol. The first kappa shape index (κ1) is 28.9. The third-order valence-electron chi connectivity index (χ3n) is 6.32. The maximum Gasteiger partial charge on any atom is 0.416 e. The zero-order chi connectivity index (χ0) is 29.2. The van der Waals surface area contributed by atoms with E-state index in [1.54, 1.807) is 36.7 Å². The number of nitrogens with one attached hydrogen (secondary N) is 2. The van der Waals surface area contributed by atoms with Crippen LogP contribution in [0.2, 0.25) is 0 Å². The number of hydrogen-bond donors (Lipinski definition) is 2. The molecule has 0 aliphatic heterocycles. The zero-order valence-corrected chi connectivity index (χ0v) is 23.5. The van der Waals surface area contributed by atoms with Crippen molar-refractivity contribution in [3.05, 3.63) is 70.5 Å². The van der Waals surface area contributed by atoms with Gasteiger partial charge < -0.3 is 10.6 Å². The molecule has 0 saturated heterocycles. The van der Waals surface area contributed by atoms with Crippen molar-refractivity contribution in [2.45, 2.75) is 53.6 Å². The van der Waals surface area contributed by atoms with E-state index >= 15 is 0 Å². The molecule has 2 amide bonds. The van der Waals surface area contributed by atoms with E-state index in [0.29, 0.717) is 39.3 Å². The van der Waals surface area contributed by atoms with Gasteiger partial charge in [-0.3, -0.25) is 9.59 Å². The van der Waals surface area contributed by atoms with Crippen LogP contribution in [0.3, 0.4) is 0 Å². The molecule has 0 atom stereocenters. The molecule has 0 spiro atoms. The SMILES string of the molecule is CC(=O)Nc1ncc(-c2cn(-c3cc(C(=O)Nc4cc(CCC(C)C)c(C)c(C(F)(F)F)c4)ccc3C)nn2)s1. The molecule has 0 aliphatic rings. The molecule has 8 nitrogen and oxygen atoms in total. The van der Waals surface area contributed by atoms with Gasteiger partial charge in [0.25, 0.3) is 5.91 Å². The first-order valence-electron chi connectivity index (χ1n) is 12.6. The number of hydrogen-bond acceptors (Lipinski definition) is 6. The number of aromatic nitrogens is 4. The van der Waals surface area contributed by atoms with E-state index in [2.05, 4.69) is 25.9 Å². The monoisotopic (exact) mass is 570 g/mol. The van der Waals surface area contributed by atoms with Gasteiger partial charge in [-0.25, -0.2) is 9.67 Å². The average molecular weight is 571 g/mol. The maximum absolute atomic E-state index is 13.8. The van der Waals surface area contributed by atoms with E-state index in [9.17, 15) is 22.8 Å². The van der Waals surface area contributed by atoms with Gasteiger partial charge in [0.2, 0.25) is 5.91 Å². The Labute approximate surface area is 233 Å². The average Bonchev–Trinajstić information content (AvgIpc) is 3.53. The fraction of sp³-hybridized carbons (Fsp3) is 0.321. The van der Waals surface area contributed by atoms with Crippen molar-refractivity contribution >= 4 is 34.0 Å². The molecule has 0 bridgehead atoms. The van der Waals surface area contributed by atoms with Crippen molar-refractivity contribution < 1.29 is 22.8 Å². The Balaban J connectivity index is 1.60. The van der Waals surface area contributed by atoms with E-state index < -0.39 is 17.6 Å². The molecule has 12 heteroatoms. The number of aryl methyl sites for hydroxylation is 2. The van der Waals surface area contributed by atoms with Crippen LogP contribution in [0, 0.1) is 19.8 Å². The normalized spacial score (nSPS) is 11.6. The van der Waals surface area contributed by atoms with Gasteiger partial charge in [-0.2, -0.15) is 13.2 Å². The highest BCUT2D eigenvalue weighted by molar-refractivity contribution is 7.19. The van der Waals surface area contributed by atoms with Crippen LogP contribution in [0.1, 0.15) is 59.8 Å². The fourth-order valence-electron chi connectivity index (χ4n) is 4.14. The maximum atomic E-state index is 13.8. The molecule has 4 aromatic rings. The summed E-state index contributed by atoms with van der Waals surface area (Å²) in [6, 6.07) is 7.55. The van der Waals surface area contributed by atoms with Crippen LogP contribution >= 0.6 is 11.3 Å². The molecule has 0 fully saturated rings. The third kappa shape index (κ3) is 6.74. The Morgan fingerprint density at radius 3 is 2.52 bits per heavy atom. The van der Waals surface area contributed by atoms with Crippen LogP contribution in [-0.4, -0.2) is 31.8 Å². The molecule has 0 saturated carbocycles. The molecule has 2 aromatic heterocycles. The first-order chi connectivity index (χ1) is 18.8. The Morgan fingerprint density at radius 1 is 1.10 bits per heavy atom. The number of nitrogens with zero attached hydrogens (tertiary/aromatic N) is 4. The van der Waals surface area contributed by atoms with Crippen molar-refractivity contribution in [3.8, 4) is 16.3 Å². The number of alkyl halides is 3. The van der Waals surface area contributed by atoms with E-state index in [1.807, 2.05) is 20.8 Å². The topological polar surface area (TPSA) is 102 Å². The summed E-state index contributed by atoms with van der Waals surface area (Å²) in [4.78, 5) is 29.3. The predicted molar refractivity (Wildman–Crippen MR) is 149 cm³/mol. The Hall–Kier alpha value is -4.06. The van der Waals surface area contributed by atoms with Crippen molar-refractivity contribution in [2.24, 2.45) is 5.92 Å². The first-order valence-corrected chi connectivity index (χ1v) is 13.4. The lowest BCUT2D eigenvalue weighted by Gasteiger charge is -2.18. The molecule has 4 rings (SSSR count). The minimum atomic E-state index is -4.54. The smallest absolute Gasteiger partial charge is 0.322 e. The highest BCUT2D eigenvalue weighted by atomic mass is 32.1. The lowest BCUT2D eigenvalue weighted by atomic mass is 9.94. The zero-order valence-electron chi connectivity index (χ0n) is 22.7. The molecule has 2 aromatic carbocycles. The number of amides is 2. The molecule has 210 valence electrons. The number of benzene rings is 2. The van der Waals surface area contributed by atoms with Gasteiger partial charge in [0.05, 0.1) is 22.3 Å². The molecule has 40 heavy (non-hydrogen) atoms. The van der Waals surface area contributed by atoms with Crippen molar-refractivity contribution in [3.63, 3.8) is 0 Å². The van der Waals surface area contributed by atoms with Crippen molar-refractivity contribution in [2.75, 3.05) is 10.6 Å². The summed E-state index contributed by atoms with van der Waals surface area (Å²) in [5, 5.41) is 14.1. The van der Waals surface area contributed by atoms with Crippen molar-refractivity contribution in [1.29, 1.82) is 0 Å².